The molecule has 0 aliphatic heterocycles. The molecule has 0 saturated carbocycles. The summed E-state index contributed by atoms with van der Waals surface area (Å²) in [5.41, 5.74) is 1.91. The van der Waals surface area contributed by atoms with Crippen molar-refractivity contribution >= 4 is 23.0 Å². The Morgan fingerprint density at radius 1 is 1.00 bits per heavy atom. The fraction of sp³-hybridized carbons (Fsp3) is 0.188. The van der Waals surface area contributed by atoms with Crippen LogP contribution in [-0.2, 0) is 4.79 Å². The lowest BCUT2D eigenvalue weighted by atomic mass is 10.2. The second-order valence-electron chi connectivity index (χ2n) is 4.83. The standard InChI is InChI=1S/C16H17FN2O/c1-11(2)16(20)19-13-9-7-12(8-10-13)18-15-6-4-3-5-14(15)17/h3-11,18H,1-2H3,(H,19,20). The Kier molecular flexibility index (Phi) is 4.35. The summed E-state index contributed by atoms with van der Waals surface area (Å²) >= 11 is 0. The Bertz CT molecular complexity index is 594. The first-order valence-corrected chi connectivity index (χ1v) is 6.49. The Balaban J connectivity index is 2.05. The van der Waals surface area contributed by atoms with Gasteiger partial charge in [-0.15, -0.1) is 0 Å². The molecule has 0 heterocycles. The number of benzene rings is 2. The summed E-state index contributed by atoms with van der Waals surface area (Å²) in [5.74, 6) is -0.393. The van der Waals surface area contributed by atoms with Gasteiger partial charge in [-0.05, 0) is 36.4 Å². The van der Waals surface area contributed by atoms with Crippen molar-refractivity contribution in [3.8, 4) is 0 Å². The van der Waals surface area contributed by atoms with Crippen molar-refractivity contribution in [2.24, 2.45) is 5.92 Å². The van der Waals surface area contributed by atoms with Gasteiger partial charge in [0, 0.05) is 17.3 Å². The third-order valence-electron chi connectivity index (χ3n) is 2.83. The molecule has 2 aromatic carbocycles. The van der Waals surface area contributed by atoms with Crippen molar-refractivity contribution in [1.82, 2.24) is 0 Å². The van der Waals surface area contributed by atoms with Gasteiger partial charge in [-0.25, -0.2) is 4.39 Å². The average Bonchev–Trinajstić information content (AvgIpc) is 2.43. The van der Waals surface area contributed by atoms with Crippen LogP contribution in [0.15, 0.2) is 48.5 Å². The molecule has 2 rings (SSSR count). The molecule has 2 aromatic rings. The van der Waals surface area contributed by atoms with Gasteiger partial charge in [0.25, 0.3) is 0 Å². The maximum Gasteiger partial charge on any atom is 0.226 e. The number of anilines is 3. The van der Waals surface area contributed by atoms with Crippen LogP contribution in [0.5, 0.6) is 0 Å². The molecular formula is C16H17FN2O. The number of nitrogens with one attached hydrogen (secondary N) is 2. The molecule has 2 N–H and O–H groups in total. The topological polar surface area (TPSA) is 41.1 Å². The first-order chi connectivity index (χ1) is 9.56. The van der Waals surface area contributed by atoms with E-state index in [0.717, 1.165) is 11.4 Å². The molecule has 0 aliphatic rings. The first-order valence-electron chi connectivity index (χ1n) is 6.49. The second kappa shape index (κ2) is 6.19. The smallest absolute Gasteiger partial charge is 0.226 e. The van der Waals surface area contributed by atoms with Crippen LogP contribution in [0.25, 0.3) is 0 Å². The van der Waals surface area contributed by atoms with Crippen molar-refractivity contribution in [3.05, 3.63) is 54.3 Å². The van der Waals surface area contributed by atoms with Crippen LogP contribution in [0.1, 0.15) is 13.8 Å². The van der Waals surface area contributed by atoms with E-state index in [1.165, 1.54) is 6.07 Å². The molecule has 0 fully saturated rings. The maximum atomic E-state index is 13.5. The fourth-order valence-corrected chi connectivity index (χ4v) is 1.64. The number of carbonyl (C=O) groups excluding carboxylic acids is 1. The number of rotatable bonds is 4. The maximum absolute atomic E-state index is 13.5. The van der Waals surface area contributed by atoms with Gasteiger partial charge in [0.15, 0.2) is 0 Å². The van der Waals surface area contributed by atoms with Gasteiger partial charge < -0.3 is 10.6 Å². The van der Waals surface area contributed by atoms with E-state index in [0.29, 0.717) is 5.69 Å². The van der Waals surface area contributed by atoms with Crippen molar-refractivity contribution in [3.63, 3.8) is 0 Å². The van der Waals surface area contributed by atoms with Crippen molar-refractivity contribution in [1.29, 1.82) is 0 Å². The number of halogens is 1. The van der Waals surface area contributed by atoms with E-state index in [9.17, 15) is 9.18 Å². The van der Waals surface area contributed by atoms with Crippen LogP contribution in [0.3, 0.4) is 0 Å². The lowest BCUT2D eigenvalue weighted by molar-refractivity contribution is -0.118. The Labute approximate surface area is 117 Å². The zero-order valence-corrected chi connectivity index (χ0v) is 11.5. The van der Waals surface area contributed by atoms with Gasteiger partial charge in [0.1, 0.15) is 5.82 Å². The third-order valence-corrected chi connectivity index (χ3v) is 2.83. The molecule has 0 bridgehead atoms. The molecule has 4 heteroatoms. The molecule has 20 heavy (non-hydrogen) atoms. The van der Waals surface area contributed by atoms with E-state index >= 15 is 0 Å². The number of hydrogen-bond acceptors (Lipinski definition) is 2. The lowest BCUT2D eigenvalue weighted by Crippen LogP contribution is -2.17. The van der Waals surface area contributed by atoms with Crippen LogP contribution in [0.4, 0.5) is 21.5 Å². The summed E-state index contributed by atoms with van der Waals surface area (Å²) in [5, 5.41) is 5.79. The molecule has 0 unspecified atom stereocenters. The van der Waals surface area contributed by atoms with E-state index in [-0.39, 0.29) is 17.6 Å². The molecule has 0 saturated heterocycles. The van der Waals surface area contributed by atoms with Crippen molar-refractivity contribution in [2.45, 2.75) is 13.8 Å². The summed E-state index contributed by atoms with van der Waals surface area (Å²) in [6.07, 6.45) is 0. The van der Waals surface area contributed by atoms with Gasteiger partial charge in [0.2, 0.25) is 5.91 Å². The predicted octanol–water partition coefficient (Wildman–Crippen LogP) is 4.16. The minimum atomic E-state index is -0.301. The largest absolute Gasteiger partial charge is 0.353 e. The number of carbonyl (C=O) groups is 1. The zero-order chi connectivity index (χ0) is 14.5. The SMILES string of the molecule is CC(C)C(=O)Nc1ccc(Nc2ccccc2F)cc1. The molecule has 104 valence electrons. The van der Waals surface area contributed by atoms with E-state index in [1.807, 2.05) is 13.8 Å². The van der Waals surface area contributed by atoms with Crippen molar-refractivity contribution in [2.75, 3.05) is 10.6 Å². The fourth-order valence-electron chi connectivity index (χ4n) is 1.64. The second-order valence-corrected chi connectivity index (χ2v) is 4.83. The molecule has 0 atom stereocenters. The summed E-state index contributed by atoms with van der Waals surface area (Å²) in [4.78, 5) is 11.6. The van der Waals surface area contributed by atoms with Crippen molar-refractivity contribution < 1.29 is 9.18 Å². The monoisotopic (exact) mass is 272 g/mol. The number of amides is 1. The van der Waals surface area contributed by atoms with Gasteiger partial charge in [-0.1, -0.05) is 26.0 Å². The molecule has 0 spiro atoms. The van der Waals surface area contributed by atoms with E-state index in [4.69, 9.17) is 0 Å². The summed E-state index contributed by atoms with van der Waals surface area (Å²) in [7, 11) is 0. The summed E-state index contributed by atoms with van der Waals surface area (Å²) < 4.78 is 13.5. The van der Waals surface area contributed by atoms with E-state index in [1.54, 1.807) is 42.5 Å². The number of hydrogen-bond donors (Lipinski definition) is 2. The Morgan fingerprint density at radius 2 is 1.60 bits per heavy atom. The van der Waals surface area contributed by atoms with Crippen LogP contribution >= 0.6 is 0 Å². The molecule has 1 amide bonds. The first kappa shape index (κ1) is 14.1. The normalized spacial score (nSPS) is 10.4. The molecule has 3 nitrogen and oxygen atoms in total. The molecule has 0 aromatic heterocycles. The predicted molar refractivity (Wildman–Crippen MR) is 79.6 cm³/mol. The van der Waals surface area contributed by atoms with E-state index < -0.39 is 0 Å². The minimum Gasteiger partial charge on any atom is -0.353 e. The third kappa shape index (κ3) is 3.57. The average molecular weight is 272 g/mol. The minimum absolute atomic E-state index is 0.0280. The highest BCUT2D eigenvalue weighted by Crippen LogP contribution is 2.21. The summed E-state index contributed by atoms with van der Waals surface area (Å²) in [6, 6.07) is 13.6. The molecular weight excluding hydrogens is 255 g/mol. The number of para-hydroxylation sites is 1. The highest BCUT2D eigenvalue weighted by atomic mass is 19.1. The highest BCUT2D eigenvalue weighted by molar-refractivity contribution is 5.92. The summed E-state index contributed by atoms with van der Waals surface area (Å²) in [6.45, 7) is 3.67. The van der Waals surface area contributed by atoms with Gasteiger partial charge >= 0.3 is 0 Å². The Morgan fingerprint density at radius 3 is 2.20 bits per heavy atom. The van der Waals surface area contributed by atoms with Crippen LogP contribution in [0, 0.1) is 11.7 Å². The van der Waals surface area contributed by atoms with E-state index in [2.05, 4.69) is 10.6 Å². The highest BCUT2D eigenvalue weighted by Gasteiger charge is 2.07. The van der Waals surface area contributed by atoms with Gasteiger partial charge in [0.05, 0.1) is 5.69 Å². The zero-order valence-electron chi connectivity index (χ0n) is 11.5. The van der Waals surface area contributed by atoms with Crippen LogP contribution < -0.4 is 10.6 Å². The van der Waals surface area contributed by atoms with Gasteiger partial charge in [-0.3, -0.25) is 4.79 Å². The molecule has 0 aliphatic carbocycles. The van der Waals surface area contributed by atoms with Gasteiger partial charge in [-0.2, -0.15) is 0 Å². The Hall–Kier alpha value is -2.36. The van der Waals surface area contributed by atoms with Crippen LogP contribution in [-0.4, -0.2) is 5.91 Å². The van der Waals surface area contributed by atoms with Crippen LogP contribution in [0.2, 0.25) is 0 Å². The molecule has 0 radical (unpaired) electrons. The quantitative estimate of drug-likeness (QED) is 0.877. The lowest BCUT2D eigenvalue weighted by Gasteiger charge is -2.10.